The van der Waals surface area contributed by atoms with Crippen molar-refractivity contribution in [2.45, 2.75) is 38.7 Å². The summed E-state index contributed by atoms with van der Waals surface area (Å²) in [5, 5.41) is 0. The molecule has 2 aromatic rings. The second-order valence-corrected chi connectivity index (χ2v) is 8.60. The summed E-state index contributed by atoms with van der Waals surface area (Å²) < 4.78 is 5.51. The van der Waals surface area contributed by atoms with Crippen molar-refractivity contribution in [3.05, 3.63) is 51.7 Å². The van der Waals surface area contributed by atoms with E-state index in [-0.39, 0.29) is 11.9 Å². The number of ether oxygens (including phenoxy) is 1. The van der Waals surface area contributed by atoms with Crippen LogP contribution in [0, 0.1) is 0 Å². The van der Waals surface area contributed by atoms with Gasteiger partial charge in [-0.3, -0.25) is 4.79 Å². The molecule has 0 bridgehead atoms. The van der Waals surface area contributed by atoms with Gasteiger partial charge in [-0.25, -0.2) is 4.79 Å². The monoisotopic (exact) mass is 398 g/mol. The van der Waals surface area contributed by atoms with Gasteiger partial charge in [0.25, 0.3) is 5.91 Å². The summed E-state index contributed by atoms with van der Waals surface area (Å²) in [6.07, 6.45) is 3.70. The molecule has 1 fully saturated rings. The number of fused-ring (bicyclic) bond motifs is 1. The second kappa shape index (κ2) is 8.35. The molecular formula is C22H26N2O3S. The Hall–Kier alpha value is -2.34. The summed E-state index contributed by atoms with van der Waals surface area (Å²) in [5.74, 6) is -0.481. The van der Waals surface area contributed by atoms with Crippen molar-refractivity contribution in [1.29, 1.82) is 0 Å². The molecule has 1 atom stereocenters. The minimum atomic E-state index is -0.755. The fraction of sp³-hybridized carbons (Fsp3) is 0.455. The summed E-state index contributed by atoms with van der Waals surface area (Å²) in [6.45, 7) is 4.53. The first kappa shape index (κ1) is 19.0. The van der Waals surface area contributed by atoms with Crippen LogP contribution in [0.3, 0.4) is 0 Å². The zero-order chi connectivity index (χ0) is 19.5. The minimum absolute atomic E-state index is 0.109. The van der Waals surface area contributed by atoms with Gasteiger partial charge >= 0.3 is 5.97 Å². The van der Waals surface area contributed by atoms with Gasteiger partial charge in [0, 0.05) is 36.7 Å². The lowest BCUT2D eigenvalue weighted by Crippen LogP contribution is -2.51. The predicted octanol–water partition coefficient (Wildman–Crippen LogP) is 3.52. The van der Waals surface area contributed by atoms with Gasteiger partial charge in [0.15, 0.2) is 6.10 Å². The molecule has 1 aromatic carbocycles. The van der Waals surface area contributed by atoms with E-state index < -0.39 is 6.10 Å². The number of aryl methyl sites for hydroxylation is 2. The van der Waals surface area contributed by atoms with Crippen molar-refractivity contribution in [2.24, 2.45) is 0 Å². The van der Waals surface area contributed by atoms with Crippen molar-refractivity contribution in [2.75, 3.05) is 31.1 Å². The highest BCUT2D eigenvalue weighted by Gasteiger charge is 2.28. The molecule has 28 heavy (non-hydrogen) atoms. The summed E-state index contributed by atoms with van der Waals surface area (Å²) in [4.78, 5) is 31.2. The van der Waals surface area contributed by atoms with E-state index in [1.807, 2.05) is 24.3 Å². The maximum Gasteiger partial charge on any atom is 0.349 e. The minimum Gasteiger partial charge on any atom is -0.448 e. The SMILES string of the molecule is CC(OC(=O)c1cc2c(s1)CCCC2)C(=O)N1CCN(c2ccccc2)CC1. The smallest absolute Gasteiger partial charge is 0.349 e. The van der Waals surface area contributed by atoms with Gasteiger partial charge in [-0.15, -0.1) is 11.3 Å². The van der Waals surface area contributed by atoms with E-state index in [1.54, 1.807) is 11.8 Å². The average Bonchev–Trinajstić information content (AvgIpc) is 3.18. The molecule has 2 heterocycles. The highest BCUT2D eigenvalue weighted by Crippen LogP contribution is 2.30. The number of anilines is 1. The van der Waals surface area contributed by atoms with Crippen molar-refractivity contribution < 1.29 is 14.3 Å². The topological polar surface area (TPSA) is 49.9 Å². The number of para-hydroxylation sites is 1. The molecule has 6 heteroatoms. The number of piperazine rings is 1. The first-order valence-corrected chi connectivity index (χ1v) is 10.8. The Morgan fingerprint density at radius 2 is 1.75 bits per heavy atom. The zero-order valence-electron chi connectivity index (χ0n) is 16.2. The van der Waals surface area contributed by atoms with Crippen LogP contribution in [0.25, 0.3) is 0 Å². The third-order valence-corrected chi connectivity index (χ3v) is 6.76. The molecule has 148 valence electrons. The number of amides is 1. The maximum atomic E-state index is 12.7. The van der Waals surface area contributed by atoms with Crippen LogP contribution in [0.15, 0.2) is 36.4 Å². The van der Waals surface area contributed by atoms with Crippen LogP contribution in [-0.4, -0.2) is 49.1 Å². The molecule has 1 aliphatic heterocycles. The Morgan fingerprint density at radius 1 is 1.04 bits per heavy atom. The third kappa shape index (κ3) is 4.07. The summed E-state index contributed by atoms with van der Waals surface area (Å²) in [5.41, 5.74) is 2.45. The summed E-state index contributed by atoms with van der Waals surface area (Å²) in [7, 11) is 0. The highest BCUT2D eigenvalue weighted by molar-refractivity contribution is 7.14. The van der Waals surface area contributed by atoms with E-state index >= 15 is 0 Å². The Balaban J connectivity index is 1.31. The molecule has 1 aromatic heterocycles. The first-order valence-electron chi connectivity index (χ1n) is 10.0. The number of rotatable bonds is 4. The van der Waals surface area contributed by atoms with Gasteiger partial charge in [-0.05, 0) is 56.4 Å². The molecule has 0 radical (unpaired) electrons. The van der Waals surface area contributed by atoms with Crippen LogP contribution in [0.1, 0.15) is 39.9 Å². The van der Waals surface area contributed by atoms with Crippen LogP contribution >= 0.6 is 11.3 Å². The number of benzene rings is 1. The number of nitrogens with zero attached hydrogens (tertiary/aromatic N) is 2. The fourth-order valence-corrected chi connectivity index (χ4v) is 5.08. The van der Waals surface area contributed by atoms with Gasteiger partial charge in [0.1, 0.15) is 4.88 Å². The number of thiophene rings is 1. The van der Waals surface area contributed by atoms with E-state index in [0.717, 1.165) is 25.9 Å². The molecule has 0 saturated carbocycles. The molecule has 1 unspecified atom stereocenters. The lowest BCUT2D eigenvalue weighted by molar-refractivity contribution is -0.140. The first-order chi connectivity index (χ1) is 13.6. The maximum absolute atomic E-state index is 12.7. The van der Waals surface area contributed by atoms with Crippen molar-refractivity contribution in [1.82, 2.24) is 4.90 Å². The van der Waals surface area contributed by atoms with Crippen LogP contribution < -0.4 is 4.90 Å². The molecule has 1 amide bonds. The van der Waals surface area contributed by atoms with Crippen LogP contribution in [0.4, 0.5) is 5.69 Å². The van der Waals surface area contributed by atoms with Crippen molar-refractivity contribution in [3.63, 3.8) is 0 Å². The number of hydrogen-bond donors (Lipinski definition) is 0. The second-order valence-electron chi connectivity index (χ2n) is 7.46. The third-order valence-electron chi connectivity index (χ3n) is 5.54. The number of hydrogen-bond acceptors (Lipinski definition) is 5. The Morgan fingerprint density at radius 3 is 2.46 bits per heavy atom. The zero-order valence-corrected chi connectivity index (χ0v) is 17.0. The predicted molar refractivity (Wildman–Crippen MR) is 111 cm³/mol. The van der Waals surface area contributed by atoms with E-state index in [0.29, 0.717) is 18.0 Å². The van der Waals surface area contributed by atoms with Crippen molar-refractivity contribution >= 4 is 28.9 Å². The Kier molecular flexibility index (Phi) is 5.67. The average molecular weight is 399 g/mol. The fourth-order valence-electron chi connectivity index (χ4n) is 3.94. The van der Waals surface area contributed by atoms with Gasteiger partial charge in [0.2, 0.25) is 0 Å². The van der Waals surface area contributed by atoms with E-state index in [2.05, 4.69) is 17.0 Å². The Bertz CT molecular complexity index is 817. The lowest BCUT2D eigenvalue weighted by atomic mass is 9.99. The van der Waals surface area contributed by atoms with Crippen LogP contribution in [-0.2, 0) is 22.4 Å². The molecule has 1 aliphatic carbocycles. The van der Waals surface area contributed by atoms with E-state index in [4.69, 9.17) is 4.74 Å². The molecule has 0 N–H and O–H groups in total. The number of carbonyl (C=O) groups is 2. The lowest BCUT2D eigenvalue weighted by Gasteiger charge is -2.37. The van der Waals surface area contributed by atoms with Crippen LogP contribution in [0.5, 0.6) is 0 Å². The molecule has 5 nitrogen and oxygen atoms in total. The normalized spacial score (nSPS) is 17.8. The molecular weight excluding hydrogens is 372 g/mol. The number of carbonyl (C=O) groups excluding carboxylic acids is 2. The van der Waals surface area contributed by atoms with Gasteiger partial charge < -0.3 is 14.5 Å². The standard InChI is InChI=1S/C22H26N2O3S/c1-16(27-22(26)20-15-17-7-5-6-10-19(17)28-20)21(25)24-13-11-23(12-14-24)18-8-3-2-4-9-18/h2-4,8-9,15-16H,5-7,10-14H2,1H3. The van der Waals surface area contributed by atoms with E-state index in [1.165, 1.54) is 40.3 Å². The summed E-state index contributed by atoms with van der Waals surface area (Å²) in [6, 6.07) is 12.2. The van der Waals surface area contributed by atoms with Crippen molar-refractivity contribution in [3.8, 4) is 0 Å². The number of esters is 1. The largest absolute Gasteiger partial charge is 0.448 e. The van der Waals surface area contributed by atoms with E-state index in [9.17, 15) is 9.59 Å². The van der Waals surface area contributed by atoms with Gasteiger partial charge in [-0.1, -0.05) is 18.2 Å². The van der Waals surface area contributed by atoms with Crippen LogP contribution in [0.2, 0.25) is 0 Å². The highest BCUT2D eigenvalue weighted by atomic mass is 32.1. The summed E-state index contributed by atoms with van der Waals surface area (Å²) >= 11 is 1.52. The molecule has 1 saturated heterocycles. The molecule has 4 rings (SSSR count). The Labute approximate surface area is 169 Å². The molecule has 2 aliphatic rings. The van der Waals surface area contributed by atoms with Gasteiger partial charge in [0.05, 0.1) is 0 Å². The van der Waals surface area contributed by atoms with Gasteiger partial charge in [-0.2, -0.15) is 0 Å². The quantitative estimate of drug-likeness (QED) is 0.740. The molecule has 0 spiro atoms.